The third-order valence-corrected chi connectivity index (χ3v) is 9.56. The molecule has 35 heavy (non-hydrogen) atoms. The number of hydrogen-bond donors (Lipinski definition) is 3. The fourth-order valence-electron chi connectivity index (χ4n) is 7.87. The van der Waals surface area contributed by atoms with Crippen molar-refractivity contribution in [2.24, 2.45) is 23.7 Å². The highest BCUT2D eigenvalue weighted by molar-refractivity contribution is 5.59. The molecule has 5 atom stereocenters. The number of nitrogens with one attached hydrogen (secondary N) is 3. The van der Waals surface area contributed by atoms with Crippen molar-refractivity contribution >= 4 is 0 Å². The molecule has 0 bridgehead atoms. The number of allylic oxidation sites excluding steroid dienone is 10. The molecule has 0 radical (unpaired) electrons. The second kappa shape index (κ2) is 9.17. The van der Waals surface area contributed by atoms with Gasteiger partial charge >= 0.3 is 0 Å². The van der Waals surface area contributed by atoms with Crippen LogP contribution >= 0.6 is 0 Å². The Balaban J connectivity index is 1.20. The van der Waals surface area contributed by atoms with Crippen molar-refractivity contribution in [2.45, 2.75) is 57.4 Å². The number of hydrogen-bond acceptors (Lipinski definition) is 3. The maximum absolute atomic E-state index is 3.95. The molecule has 0 aromatic heterocycles. The summed E-state index contributed by atoms with van der Waals surface area (Å²) in [6.45, 7) is 3.16. The van der Waals surface area contributed by atoms with E-state index in [1.165, 1.54) is 68.3 Å². The van der Waals surface area contributed by atoms with Crippen LogP contribution in [-0.4, -0.2) is 25.7 Å². The molecule has 3 aliphatic heterocycles. The van der Waals surface area contributed by atoms with Gasteiger partial charge in [-0.1, -0.05) is 66.2 Å². The molecule has 5 unspecified atom stereocenters. The van der Waals surface area contributed by atoms with Gasteiger partial charge in [-0.25, -0.2) is 0 Å². The zero-order valence-electron chi connectivity index (χ0n) is 20.9. The fraction of sp³-hybridized carbons (Fsp3) is 0.500. The van der Waals surface area contributed by atoms with Crippen LogP contribution < -0.4 is 16.0 Å². The smallest absolute Gasteiger partial charge is 0.0370 e. The van der Waals surface area contributed by atoms with Crippen LogP contribution in [0.2, 0.25) is 0 Å². The van der Waals surface area contributed by atoms with E-state index in [1.54, 1.807) is 22.3 Å². The Morgan fingerprint density at radius 2 is 1.97 bits per heavy atom. The number of piperidine rings is 1. The minimum absolute atomic E-state index is 0.528. The molecular weight excluding hydrogens is 426 g/mol. The second-order valence-electron chi connectivity index (χ2n) is 11.4. The third kappa shape index (κ3) is 3.83. The summed E-state index contributed by atoms with van der Waals surface area (Å²) < 4.78 is 0. The maximum Gasteiger partial charge on any atom is 0.0370 e. The minimum Gasteiger partial charge on any atom is -0.387 e. The van der Waals surface area contributed by atoms with Crippen molar-refractivity contribution in [1.82, 2.24) is 16.0 Å². The molecule has 3 heteroatoms. The molecule has 182 valence electrons. The number of rotatable bonds is 3. The Labute approximate surface area is 210 Å². The van der Waals surface area contributed by atoms with Crippen LogP contribution in [0.3, 0.4) is 0 Å². The summed E-state index contributed by atoms with van der Waals surface area (Å²) in [6, 6.07) is 0.649. The average Bonchev–Trinajstić information content (AvgIpc) is 3.28. The number of fused-ring (bicyclic) bond motifs is 3. The van der Waals surface area contributed by atoms with Gasteiger partial charge < -0.3 is 16.0 Å². The Bertz CT molecular complexity index is 1130. The monoisotopic (exact) mass is 465 g/mol. The zero-order valence-corrected chi connectivity index (χ0v) is 20.9. The fourth-order valence-corrected chi connectivity index (χ4v) is 7.87. The van der Waals surface area contributed by atoms with Gasteiger partial charge in [0.15, 0.2) is 0 Å². The van der Waals surface area contributed by atoms with Crippen LogP contribution in [0.15, 0.2) is 93.9 Å². The molecule has 7 rings (SSSR count). The average molecular weight is 466 g/mol. The van der Waals surface area contributed by atoms with Gasteiger partial charge in [0, 0.05) is 48.8 Å². The Morgan fingerprint density at radius 3 is 2.80 bits per heavy atom. The first kappa shape index (κ1) is 21.7. The van der Waals surface area contributed by atoms with Crippen LogP contribution in [0.25, 0.3) is 0 Å². The molecule has 0 spiro atoms. The lowest BCUT2D eigenvalue weighted by Gasteiger charge is -2.36. The molecule has 3 heterocycles. The van der Waals surface area contributed by atoms with E-state index >= 15 is 0 Å². The third-order valence-electron chi connectivity index (χ3n) is 9.56. The first-order valence-electron chi connectivity index (χ1n) is 14.2. The topological polar surface area (TPSA) is 36.1 Å². The lowest BCUT2D eigenvalue weighted by Crippen LogP contribution is -2.43. The summed E-state index contributed by atoms with van der Waals surface area (Å²) in [6.07, 6.45) is 32.0. The molecule has 0 saturated carbocycles. The van der Waals surface area contributed by atoms with Crippen molar-refractivity contribution in [1.29, 1.82) is 0 Å². The summed E-state index contributed by atoms with van der Waals surface area (Å²) in [5.41, 5.74) is 11.0. The molecule has 3 N–H and O–H groups in total. The van der Waals surface area contributed by atoms with E-state index in [0.29, 0.717) is 29.7 Å². The van der Waals surface area contributed by atoms with Gasteiger partial charge in [-0.3, -0.25) is 0 Å². The van der Waals surface area contributed by atoms with Gasteiger partial charge in [-0.05, 0) is 79.7 Å². The van der Waals surface area contributed by atoms with E-state index in [-0.39, 0.29) is 0 Å². The quantitative estimate of drug-likeness (QED) is 0.496. The molecule has 7 aliphatic rings. The van der Waals surface area contributed by atoms with Gasteiger partial charge in [-0.15, -0.1) is 0 Å². The van der Waals surface area contributed by atoms with Crippen LogP contribution in [0.1, 0.15) is 51.4 Å². The molecule has 0 aromatic rings. The van der Waals surface area contributed by atoms with Crippen LogP contribution in [-0.2, 0) is 0 Å². The summed E-state index contributed by atoms with van der Waals surface area (Å²) in [4.78, 5) is 0. The first-order chi connectivity index (χ1) is 17.4. The first-order valence-corrected chi connectivity index (χ1v) is 14.2. The largest absolute Gasteiger partial charge is 0.387 e. The summed E-state index contributed by atoms with van der Waals surface area (Å²) in [5.74, 6) is 2.37. The Morgan fingerprint density at radius 1 is 0.971 bits per heavy atom. The normalized spacial score (nSPS) is 35.9. The SMILES string of the molecule is C1=CC2=C(CC1)CCC1=C2C2C=C(C3=CCC(C4=CNCC=C4)CN3)C=CC2C1C1CCCCN1. The van der Waals surface area contributed by atoms with E-state index in [1.807, 2.05) is 0 Å². The van der Waals surface area contributed by atoms with E-state index < -0.39 is 0 Å². The molecule has 1 fully saturated rings. The summed E-state index contributed by atoms with van der Waals surface area (Å²) >= 11 is 0. The van der Waals surface area contributed by atoms with Gasteiger partial charge in [0.25, 0.3) is 0 Å². The van der Waals surface area contributed by atoms with Gasteiger partial charge in [-0.2, -0.15) is 0 Å². The summed E-state index contributed by atoms with van der Waals surface area (Å²) in [5, 5.41) is 11.1. The molecule has 4 aliphatic carbocycles. The second-order valence-corrected chi connectivity index (χ2v) is 11.4. The lowest BCUT2D eigenvalue weighted by molar-refractivity contribution is 0.271. The highest BCUT2D eigenvalue weighted by Crippen LogP contribution is 2.55. The van der Waals surface area contributed by atoms with Crippen molar-refractivity contribution in [3.63, 3.8) is 0 Å². The standard InChI is InChI=1S/C32H39N3/c1-2-8-25-21(6-1)10-14-27-31(25)28-18-22(11-13-26(28)32(27)30-9-3-4-17-34-30)29-15-12-24(20-35-29)23-7-5-16-33-19-23/h2,5,7-8,11,13,15,18-19,24,26,28,30,32-35H,1,3-4,6,9-10,12,14,16-17,20H2. The number of dihydropyridines is 1. The molecular formula is C32H39N3. The van der Waals surface area contributed by atoms with Crippen molar-refractivity contribution in [2.75, 3.05) is 19.6 Å². The molecule has 3 nitrogen and oxygen atoms in total. The summed E-state index contributed by atoms with van der Waals surface area (Å²) in [7, 11) is 0. The van der Waals surface area contributed by atoms with Gasteiger partial charge in [0.05, 0.1) is 0 Å². The molecule has 0 aromatic carbocycles. The molecule has 1 saturated heterocycles. The zero-order chi connectivity index (χ0) is 23.2. The van der Waals surface area contributed by atoms with Gasteiger partial charge in [0.2, 0.25) is 0 Å². The predicted molar refractivity (Wildman–Crippen MR) is 144 cm³/mol. The van der Waals surface area contributed by atoms with Crippen molar-refractivity contribution < 1.29 is 0 Å². The Kier molecular flexibility index (Phi) is 5.69. The Hall–Kier alpha value is -2.52. The maximum atomic E-state index is 3.95. The predicted octanol–water partition coefficient (Wildman–Crippen LogP) is 5.76. The van der Waals surface area contributed by atoms with E-state index in [0.717, 1.165) is 19.5 Å². The molecule has 0 amide bonds. The van der Waals surface area contributed by atoms with E-state index in [4.69, 9.17) is 0 Å². The van der Waals surface area contributed by atoms with E-state index in [9.17, 15) is 0 Å². The van der Waals surface area contributed by atoms with Gasteiger partial charge in [0.1, 0.15) is 0 Å². The lowest BCUT2D eigenvalue weighted by atomic mass is 9.75. The van der Waals surface area contributed by atoms with Crippen LogP contribution in [0.5, 0.6) is 0 Å². The minimum atomic E-state index is 0.528. The van der Waals surface area contributed by atoms with Crippen LogP contribution in [0, 0.1) is 23.7 Å². The highest BCUT2D eigenvalue weighted by Gasteiger charge is 2.47. The van der Waals surface area contributed by atoms with E-state index in [2.05, 4.69) is 70.8 Å². The van der Waals surface area contributed by atoms with Crippen LogP contribution in [0.4, 0.5) is 0 Å². The highest BCUT2D eigenvalue weighted by atomic mass is 14.9. The van der Waals surface area contributed by atoms with Crippen molar-refractivity contribution in [3.05, 3.63) is 93.9 Å². The van der Waals surface area contributed by atoms with Crippen molar-refractivity contribution in [3.8, 4) is 0 Å².